The molecule has 2 aromatic heterocycles. The summed E-state index contributed by atoms with van der Waals surface area (Å²) in [6.07, 6.45) is 2.92. The maximum Gasteiger partial charge on any atom is 0.229 e. The number of anilines is 6. The number of aryl methyl sites for hydroxylation is 2. The molecule has 0 unspecified atom stereocenters. The van der Waals surface area contributed by atoms with E-state index in [2.05, 4.69) is 39.7 Å². The number of fused-ring (bicyclic) bond motifs is 1. The highest BCUT2D eigenvalue weighted by atomic mass is 32.2. The average Bonchev–Trinajstić information content (AvgIpc) is 3.19. The maximum atomic E-state index is 11.5. The first kappa shape index (κ1) is 25.2. The molecule has 0 spiro atoms. The van der Waals surface area contributed by atoms with Gasteiger partial charge in [-0.1, -0.05) is 29.8 Å². The van der Waals surface area contributed by atoms with Crippen LogP contribution in [0.2, 0.25) is 0 Å². The minimum absolute atomic E-state index is 0.00812. The molecule has 38 heavy (non-hydrogen) atoms. The van der Waals surface area contributed by atoms with E-state index in [0.29, 0.717) is 11.8 Å². The molecule has 0 aliphatic heterocycles. The van der Waals surface area contributed by atoms with Crippen molar-refractivity contribution in [1.29, 1.82) is 0 Å². The first-order chi connectivity index (χ1) is 18.1. The van der Waals surface area contributed by atoms with Crippen molar-refractivity contribution in [2.24, 2.45) is 7.05 Å². The monoisotopic (exact) mass is 527 g/mol. The van der Waals surface area contributed by atoms with Gasteiger partial charge in [0.1, 0.15) is 5.82 Å². The molecule has 5 aromatic rings. The Kier molecular flexibility index (Phi) is 6.73. The van der Waals surface area contributed by atoms with Gasteiger partial charge in [0.25, 0.3) is 0 Å². The lowest BCUT2D eigenvalue weighted by Crippen LogP contribution is -2.12. The fraction of sp³-hybridized carbons (Fsp3) is 0.179. The molecular formula is C28H29N7O2S. The van der Waals surface area contributed by atoms with Crippen LogP contribution in [-0.4, -0.2) is 41.2 Å². The fourth-order valence-electron chi connectivity index (χ4n) is 4.12. The number of hydrogen-bond acceptors (Lipinski definition) is 8. The molecule has 3 aromatic carbocycles. The molecule has 5 rings (SSSR count). The lowest BCUT2D eigenvalue weighted by molar-refractivity contribution is 0.601. The Morgan fingerprint density at radius 3 is 2.29 bits per heavy atom. The molecule has 0 aliphatic carbocycles. The van der Waals surface area contributed by atoms with Crippen LogP contribution in [0.3, 0.4) is 0 Å². The summed E-state index contributed by atoms with van der Waals surface area (Å²) in [6.45, 7) is 2.06. The summed E-state index contributed by atoms with van der Waals surface area (Å²) >= 11 is 0. The normalized spacial score (nSPS) is 11.5. The summed E-state index contributed by atoms with van der Waals surface area (Å²) in [5.41, 5.74) is 6.51. The highest BCUT2D eigenvalue weighted by Gasteiger charge is 2.13. The molecule has 0 fully saturated rings. The van der Waals surface area contributed by atoms with Gasteiger partial charge in [-0.25, -0.2) is 18.4 Å². The van der Waals surface area contributed by atoms with Gasteiger partial charge in [-0.05, 0) is 61.0 Å². The third kappa shape index (κ3) is 5.76. The zero-order valence-electron chi connectivity index (χ0n) is 21.7. The van der Waals surface area contributed by atoms with Crippen molar-refractivity contribution in [2.45, 2.75) is 12.7 Å². The van der Waals surface area contributed by atoms with Crippen molar-refractivity contribution in [3.8, 4) is 0 Å². The third-order valence-electron chi connectivity index (χ3n) is 6.18. The number of nitrogens with zero attached hydrogens (tertiary/aromatic N) is 5. The van der Waals surface area contributed by atoms with Crippen LogP contribution in [0.1, 0.15) is 11.1 Å². The molecule has 0 saturated heterocycles. The van der Waals surface area contributed by atoms with Crippen molar-refractivity contribution in [3.63, 3.8) is 0 Å². The van der Waals surface area contributed by atoms with E-state index in [0.717, 1.165) is 39.6 Å². The van der Waals surface area contributed by atoms with E-state index in [-0.39, 0.29) is 5.75 Å². The highest BCUT2D eigenvalue weighted by molar-refractivity contribution is 7.89. The zero-order valence-corrected chi connectivity index (χ0v) is 22.5. The van der Waals surface area contributed by atoms with Gasteiger partial charge in [-0.3, -0.25) is 0 Å². The Labute approximate surface area is 222 Å². The van der Waals surface area contributed by atoms with Gasteiger partial charge >= 0.3 is 0 Å². The summed E-state index contributed by atoms with van der Waals surface area (Å²) < 4.78 is 25.1. The summed E-state index contributed by atoms with van der Waals surface area (Å²) in [6, 6.07) is 23.4. The molecule has 0 aliphatic rings. The Balaban J connectivity index is 1.34. The molecule has 2 heterocycles. The molecule has 0 radical (unpaired) electrons. The number of hydrogen-bond donors (Lipinski definition) is 2. The molecular weight excluding hydrogens is 498 g/mol. The number of nitrogens with one attached hydrogen (secondary N) is 2. The second-order valence-electron chi connectivity index (χ2n) is 9.35. The predicted molar refractivity (Wildman–Crippen MR) is 154 cm³/mol. The van der Waals surface area contributed by atoms with Gasteiger partial charge in [0, 0.05) is 43.6 Å². The Morgan fingerprint density at radius 1 is 0.895 bits per heavy atom. The lowest BCUT2D eigenvalue weighted by atomic mass is 10.2. The van der Waals surface area contributed by atoms with Crippen molar-refractivity contribution in [2.75, 3.05) is 28.8 Å². The van der Waals surface area contributed by atoms with E-state index in [1.54, 1.807) is 18.3 Å². The second kappa shape index (κ2) is 10.1. The molecule has 194 valence electrons. The SMILES string of the molecule is Cc1ccc(Nc2nc3cc(N(C)c4ccnc(Nc5ccc(CS(C)(=O)=O)cc5)n4)ccc3n2C)cc1. The minimum Gasteiger partial charge on any atom is -0.329 e. The Hall–Kier alpha value is -4.44. The van der Waals surface area contributed by atoms with E-state index in [1.165, 1.54) is 11.8 Å². The van der Waals surface area contributed by atoms with E-state index in [9.17, 15) is 8.42 Å². The number of imidazole rings is 1. The van der Waals surface area contributed by atoms with Gasteiger partial charge in [0.15, 0.2) is 9.84 Å². The molecule has 10 heteroatoms. The van der Waals surface area contributed by atoms with E-state index in [1.807, 2.05) is 72.1 Å². The molecule has 0 saturated carbocycles. The minimum atomic E-state index is -3.08. The summed E-state index contributed by atoms with van der Waals surface area (Å²) in [5, 5.41) is 6.58. The van der Waals surface area contributed by atoms with Crippen molar-refractivity contribution < 1.29 is 8.42 Å². The van der Waals surface area contributed by atoms with E-state index >= 15 is 0 Å². The molecule has 0 atom stereocenters. The van der Waals surface area contributed by atoms with Crippen LogP contribution in [-0.2, 0) is 22.6 Å². The van der Waals surface area contributed by atoms with Crippen LogP contribution >= 0.6 is 0 Å². The Morgan fingerprint density at radius 2 is 1.58 bits per heavy atom. The summed E-state index contributed by atoms with van der Waals surface area (Å²) in [4.78, 5) is 15.8. The summed E-state index contributed by atoms with van der Waals surface area (Å²) in [5.74, 6) is 1.92. The van der Waals surface area contributed by atoms with E-state index in [4.69, 9.17) is 4.98 Å². The van der Waals surface area contributed by atoms with Gasteiger partial charge in [0.2, 0.25) is 11.9 Å². The van der Waals surface area contributed by atoms with Crippen molar-refractivity contribution >= 4 is 55.6 Å². The number of rotatable bonds is 8. The van der Waals surface area contributed by atoms with Crippen LogP contribution in [0.15, 0.2) is 79.0 Å². The Bertz CT molecular complexity index is 1700. The predicted octanol–water partition coefficient (Wildman–Crippen LogP) is 5.47. The van der Waals surface area contributed by atoms with Crippen molar-refractivity contribution in [3.05, 3.63) is 90.1 Å². The van der Waals surface area contributed by atoms with Crippen LogP contribution in [0.5, 0.6) is 0 Å². The fourth-order valence-corrected chi connectivity index (χ4v) is 4.92. The molecule has 0 bridgehead atoms. The third-order valence-corrected chi connectivity index (χ3v) is 7.04. The largest absolute Gasteiger partial charge is 0.329 e. The zero-order chi connectivity index (χ0) is 26.9. The van der Waals surface area contributed by atoms with E-state index < -0.39 is 9.84 Å². The van der Waals surface area contributed by atoms with Gasteiger partial charge < -0.3 is 20.1 Å². The highest BCUT2D eigenvalue weighted by Crippen LogP contribution is 2.29. The average molecular weight is 528 g/mol. The van der Waals surface area contributed by atoms with Gasteiger partial charge in [-0.2, -0.15) is 4.98 Å². The quantitative estimate of drug-likeness (QED) is 0.274. The first-order valence-electron chi connectivity index (χ1n) is 12.1. The topological polar surface area (TPSA) is 105 Å². The number of aromatic nitrogens is 4. The van der Waals surface area contributed by atoms with Crippen LogP contribution in [0, 0.1) is 6.92 Å². The first-order valence-corrected chi connectivity index (χ1v) is 14.1. The van der Waals surface area contributed by atoms with Gasteiger partial charge in [-0.15, -0.1) is 0 Å². The molecule has 0 amide bonds. The maximum absolute atomic E-state index is 11.5. The van der Waals surface area contributed by atoms with Crippen LogP contribution < -0.4 is 15.5 Å². The molecule has 9 nitrogen and oxygen atoms in total. The summed E-state index contributed by atoms with van der Waals surface area (Å²) in [7, 11) is 0.856. The van der Waals surface area contributed by atoms with Gasteiger partial charge in [0.05, 0.1) is 16.8 Å². The van der Waals surface area contributed by atoms with Crippen molar-refractivity contribution in [1.82, 2.24) is 19.5 Å². The smallest absolute Gasteiger partial charge is 0.229 e. The standard InChI is InChI=1S/C28H29N7O2S/c1-19-5-9-22(10-6-19)31-28-32-24-17-23(13-14-25(24)35(28)3)34(2)26-15-16-29-27(33-26)30-21-11-7-20(8-12-21)18-38(4,36)37/h5-17H,18H2,1-4H3,(H,31,32)(H,29,30,33). The lowest BCUT2D eigenvalue weighted by Gasteiger charge is -2.19. The molecule has 2 N–H and O–H groups in total. The number of sulfone groups is 1. The second-order valence-corrected chi connectivity index (χ2v) is 11.5. The number of benzene rings is 3. The van der Waals surface area contributed by atoms with Crippen LogP contribution in [0.4, 0.5) is 34.8 Å². The van der Waals surface area contributed by atoms with Crippen LogP contribution in [0.25, 0.3) is 11.0 Å².